The molecule has 5 heteroatoms. The summed E-state index contributed by atoms with van der Waals surface area (Å²) in [7, 11) is 1.94. The molecule has 26 heavy (non-hydrogen) atoms. The van der Waals surface area contributed by atoms with Gasteiger partial charge in [0.15, 0.2) is 0 Å². The van der Waals surface area contributed by atoms with E-state index in [-0.39, 0.29) is 17.9 Å². The Balaban J connectivity index is 1.49. The molecule has 0 aliphatic heterocycles. The van der Waals surface area contributed by atoms with E-state index in [1.165, 1.54) is 38.5 Å². The van der Waals surface area contributed by atoms with E-state index in [2.05, 4.69) is 12.0 Å². The molecule has 1 amide bonds. The third-order valence-electron chi connectivity index (χ3n) is 7.42. The molecule has 4 aliphatic rings. The highest BCUT2D eigenvalue weighted by Gasteiger charge is 2.51. The highest BCUT2D eigenvalue weighted by Crippen LogP contribution is 2.61. The lowest BCUT2D eigenvalue weighted by Crippen LogP contribution is -2.48. The summed E-state index contributed by atoms with van der Waals surface area (Å²) >= 11 is 0. The Morgan fingerprint density at radius 1 is 1.19 bits per heavy atom. The fourth-order valence-corrected chi connectivity index (χ4v) is 6.59. The van der Waals surface area contributed by atoms with Crippen molar-refractivity contribution in [3.05, 3.63) is 17.0 Å². The molecule has 0 spiro atoms. The van der Waals surface area contributed by atoms with Gasteiger partial charge in [0, 0.05) is 37.8 Å². The molecule has 5 rings (SSSR count). The molecule has 0 radical (unpaired) electrons. The summed E-state index contributed by atoms with van der Waals surface area (Å²) in [5, 5.41) is 14.0. The number of aromatic nitrogens is 2. The highest BCUT2D eigenvalue weighted by atomic mass is 16.3. The monoisotopic (exact) mass is 359 g/mol. The average Bonchev–Trinajstić information content (AvgIpc) is 2.78. The van der Waals surface area contributed by atoms with Crippen molar-refractivity contribution in [3.8, 4) is 0 Å². The van der Waals surface area contributed by atoms with Crippen LogP contribution in [0.3, 0.4) is 0 Å². The first-order valence-corrected chi connectivity index (χ1v) is 10.3. The van der Waals surface area contributed by atoms with E-state index in [4.69, 9.17) is 0 Å². The maximum absolute atomic E-state index is 13.2. The number of carbonyl (C=O) groups excluding carboxylic acids is 1. The van der Waals surface area contributed by atoms with Gasteiger partial charge in [-0.1, -0.05) is 0 Å². The van der Waals surface area contributed by atoms with Crippen molar-refractivity contribution in [1.82, 2.24) is 14.7 Å². The Bertz CT molecular complexity index is 658. The van der Waals surface area contributed by atoms with Gasteiger partial charge in [-0.25, -0.2) is 0 Å². The summed E-state index contributed by atoms with van der Waals surface area (Å²) in [4.78, 5) is 15.1. The Kier molecular flexibility index (Phi) is 4.62. The van der Waals surface area contributed by atoms with Crippen LogP contribution in [0.15, 0.2) is 0 Å². The molecular formula is C21H33N3O2. The minimum absolute atomic E-state index is 0.0188. The average molecular weight is 360 g/mol. The van der Waals surface area contributed by atoms with E-state index < -0.39 is 0 Å². The maximum atomic E-state index is 13.2. The zero-order valence-electron chi connectivity index (χ0n) is 16.5. The molecule has 5 nitrogen and oxygen atoms in total. The van der Waals surface area contributed by atoms with Crippen LogP contribution >= 0.6 is 0 Å². The second-order valence-corrected chi connectivity index (χ2v) is 9.41. The van der Waals surface area contributed by atoms with Crippen LogP contribution in [-0.4, -0.2) is 38.8 Å². The molecule has 1 aromatic rings. The van der Waals surface area contributed by atoms with Gasteiger partial charge < -0.3 is 10.0 Å². The maximum Gasteiger partial charge on any atom is 0.223 e. The number of amides is 1. The van der Waals surface area contributed by atoms with Crippen molar-refractivity contribution in [2.75, 3.05) is 13.2 Å². The van der Waals surface area contributed by atoms with Gasteiger partial charge in [-0.15, -0.1) is 0 Å². The van der Waals surface area contributed by atoms with Gasteiger partial charge in [0.25, 0.3) is 0 Å². The van der Waals surface area contributed by atoms with Gasteiger partial charge in [-0.3, -0.25) is 9.48 Å². The van der Waals surface area contributed by atoms with Crippen molar-refractivity contribution in [2.24, 2.45) is 30.2 Å². The smallest absolute Gasteiger partial charge is 0.223 e. The number of nitrogens with zero attached hydrogens (tertiary/aromatic N) is 3. The van der Waals surface area contributed by atoms with Crippen LogP contribution in [0.5, 0.6) is 0 Å². The van der Waals surface area contributed by atoms with Gasteiger partial charge in [0.1, 0.15) is 0 Å². The fraction of sp³-hybridized carbons (Fsp3) is 0.810. The van der Waals surface area contributed by atoms with Crippen molar-refractivity contribution >= 4 is 5.91 Å². The third-order valence-corrected chi connectivity index (χ3v) is 7.42. The number of hydrogen-bond acceptors (Lipinski definition) is 3. The lowest BCUT2D eigenvalue weighted by molar-refractivity contribution is -0.140. The molecule has 4 saturated carbocycles. The molecule has 144 valence electrons. The van der Waals surface area contributed by atoms with Gasteiger partial charge >= 0.3 is 0 Å². The summed E-state index contributed by atoms with van der Waals surface area (Å²) < 4.78 is 1.88. The van der Waals surface area contributed by atoms with Crippen LogP contribution in [0, 0.1) is 37.0 Å². The molecule has 0 aromatic carbocycles. The molecule has 0 atom stereocenters. The summed E-state index contributed by atoms with van der Waals surface area (Å²) in [6.45, 7) is 5.06. The van der Waals surface area contributed by atoms with E-state index in [0.29, 0.717) is 19.5 Å². The first-order valence-electron chi connectivity index (χ1n) is 10.3. The fourth-order valence-electron chi connectivity index (χ4n) is 6.59. The summed E-state index contributed by atoms with van der Waals surface area (Å²) in [6.07, 6.45) is 8.65. The first kappa shape index (κ1) is 18.0. The molecule has 4 fully saturated rings. The summed E-state index contributed by atoms with van der Waals surface area (Å²) in [5.41, 5.74) is 3.46. The zero-order chi connectivity index (χ0) is 18.5. The number of carbonyl (C=O) groups is 1. The lowest BCUT2D eigenvalue weighted by atomic mass is 9.49. The van der Waals surface area contributed by atoms with Crippen molar-refractivity contribution < 1.29 is 9.90 Å². The van der Waals surface area contributed by atoms with Gasteiger partial charge in [-0.05, 0) is 75.5 Å². The quantitative estimate of drug-likeness (QED) is 0.849. The number of aliphatic hydroxyl groups excluding tert-OH is 1. The summed E-state index contributed by atoms with van der Waals surface area (Å²) in [6, 6.07) is 0. The van der Waals surface area contributed by atoms with Crippen LogP contribution in [0.1, 0.15) is 61.9 Å². The van der Waals surface area contributed by atoms with Gasteiger partial charge in [0.2, 0.25) is 5.91 Å². The predicted molar refractivity (Wildman–Crippen MR) is 100 cm³/mol. The third kappa shape index (κ3) is 3.19. The molecular weight excluding hydrogens is 326 g/mol. The van der Waals surface area contributed by atoms with Crippen LogP contribution in [0.2, 0.25) is 0 Å². The van der Waals surface area contributed by atoms with E-state index in [1.807, 2.05) is 23.6 Å². The minimum Gasteiger partial charge on any atom is -0.395 e. The number of hydrogen-bond donors (Lipinski definition) is 1. The second-order valence-electron chi connectivity index (χ2n) is 9.41. The van der Waals surface area contributed by atoms with E-state index >= 15 is 0 Å². The highest BCUT2D eigenvalue weighted by molar-refractivity contribution is 5.77. The normalized spacial score (nSPS) is 32.2. The van der Waals surface area contributed by atoms with Crippen molar-refractivity contribution in [3.63, 3.8) is 0 Å². The van der Waals surface area contributed by atoms with Crippen molar-refractivity contribution in [2.45, 2.75) is 65.3 Å². The second kappa shape index (κ2) is 6.66. The van der Waals surface area contributed by atoms with E-state index in [0.717, 1.165) is 34.7 Å². The summed E-state index contributed by atoms with van der Waals surface area (Å²) in [5.74, 6) is 2.82. The molecule has 1 heterocycles. The van der Waals surface area contributed by atoms with Crippen molar-refractivity contribution in [1.29, 1.82) is 0 Å². The van der Waals surface area contributed by atoms with Gasteiger partial charge in [0.05, 0.1) is 12.3 Å². The van der Waals surface area contributed by atoms with Gasteiger partial charge in [-0.2, -0.15) is 5.10 Å². The number of aryl methyl sites for hydroxylation is 2. The van der Waals surface area contributed by atoms with Crippen LogP contribution < -0.4 is 0 Å². The molecule has 1 aromatic heterocycles. The molecule has 0 saturated heterocycles. The SMILES string of the molecule is Cc1nn(C)c(C)c1CN(CCO)C(=O)CC12CC3CC(CC(C3)C1)C2. The molecule has 4 bridgehead atoms. The Labute approximate surface area is 156 Å². The molecule has 0 unspecified atom stereocenters. The number of aliphatic hydroxyl groups is 1. The Morgan fingerprint density at radius 2 is 1.77 bits per heavy atom. The van der Waals surface area contributed by atoms with Crippen LogP contribution in [0.4, 0.5) is 0 Å². The predicted octanol–water partition coefficient (Wildman–Crippen LogP) is 2.96. The zero-order valence-corrected chi connectivity index (χ0v) is 16.5. The Hall–Kier alpha value is -1.36. The lowest BCUT2D eigenvalue weighted by Gasteiger charge is -2.57. The van der Waals surface area contributed by atoms with E-state index in [1.54, 1.807) is 0 Å². The Morgan fingerprint density at radius 3 is 2.23 bits per heavy atom. The largest absolute Gasteiger partial charge is 0.395 e. The van der Waals surface area contributed by atoms with E-state index in [9.17, 15) is 9.90 Å². The molecule has 4 aliphatic carbocycles. The first-order chi connectivity index (χ1) is 12.4. The number of rotatable bonds is 6. The van der Waals surface area contributed by atoms with Crippen LogP contribution in [-0.2, 0) is 18.4 Å². The minimum atomic E-state index is 0.0188. The topological polar surface area (TPSA) is 58.4 Å². The standard InChI is InChI=1S/C21H33N3O2/c1-14-19(15(2)23(3)22-14)13-24(4-5-25)20(26)12-21-9-16-6-17(10-21)8-18(7-16)11-21/h16-18,25H,4-13H2,1-3H3. The molecule has 1 N–H and O–H groups in total. The van der Waals surface area contributed by atoms with Crippen LogP contribution in [0.25, 0.3) is 0 Å².